The zero-order chi connectivity index (χ0) is 15.4. The number of carbonyl (C=O) groups is 1. The molecular weight excluding hydrogens is 280 g/mol. The summed E-state index contributed by atoms with van der Waals surface area (Å²) in [5.41, 5.74) is 1.08. The molecule has 1 amide bonds. The van der Waals surface area contributed by atoms with Crippen LogP contribution in [0.4, 0.5) is 0 Å². The molecule has 0 atom stereocenters. The minimum Gasteiger partial charge on any atom is -0.483 e. The lowest BCUT2D eigenvalue weighted by atomic mass is 10.2. The highest BCUT2D eigenvalue weighted by molar-refractivity contribution is 5.87. The van der Waals surface area contributed by atoms with Crippen LogP contribution in [0.3, 0.4) is 0 Å². The molecule has 0 saturated carbocycles. The Kier molecular flexibility index (Phi) is 4.09. The van der Waals surface area contributed by atoms with E-state index in [4.69, 9.17) is 4.74 Å². The number of ether oxygens (including phenoxy) is 1. The lowest BCUT2D eigenvalue weighted by Gasteiger charge is -2.09. The van der Waals surface area contributed by atoms with Gasteiger partial charge in [-0.1, -0.05) is 6.07 Å². The highest BCUT2D eigenvalue weighted by atomic mass is 16.5. The van der Waals surface area contributed by atoms with Crippen LogP contribution in [0.1, 0.15) is 0 Å². The molecule has 22 heavy (non-hydrogen) atoms. The van der Waals surface area contributed by atoms with Crippen molar-refractivity contribution in [1.29, 1.82) is 0 Å². The molecule has 0 aliphatic heterocycles. The van der Waals surface area contributed by atoms with Crippen molar-refractivity contribution in [3.63, 3.8) is 0 Å². The average Bonchev–Trinajstić information content (AvgIpc) is 3.16. The van der Waals surface area contributed by atoms with Crippen LogP contribution in [-0.4, -0.2) is 33.4 Å². The van der Waals surface area contributed by atoms with E-state index in [0.29, 0.717) is 13.1 Å². The van der Waals surface area contributed by atoms with E-state index in [9.17, 15) is 4.79 Å². The Bertz CT molecular complexity index is 762. The predicted octanol–water partition coefficient (Wildman–Crippen LogP) is 1.57. The number of nitrogens with one attached hydrogen (secondary N) is 1. The van der Waals surface area contributed by atoms with Crippen molar-refractivity contribution in [3.8, 4) is 5.75 Å². The number of benzene rings is 1. The van der Waals surface area contributed by atoms with Gasteiger partial charge in [0.15, 0.2) is 6.61 Å². The zero-order valence-electron chi connectivity index (χ0n) is 12.4. The Morgan fingerprint density at radius 1 is 1.27 bits per heavy atom. The van der Waals surface area contributed by atoms with Gasteiger partial charge in [-0.15, -0.1) is 0 Å². The second-order valence-corrected chi connectivity index (χ2v) is 5.02. The monoisotopic (exact) mass is 298 g/mol. The number of rotatable bonds is 6. The maximum atomic E-state index is 11.8. The normalized spacial score (nSPS) is 10.8. The van der Waals surface area contributed by atoms with E-state index in [1.165, 1.54) is 0 Å². The summed E-state index contributed by atoms with van der Waals surface area (Å²) in [5.74, 6) is 0.584. The lowest BCUT2D eigenvalue weighted by molar-refractivity contribution is -0.123. The molecule has 1 aromatic carbocycles. The first kappa shape index (κ1) is 14.2. The van der Waals surface area contributed by atoms with Gasteiger partial charge in [0.05, 0.1) is 12.1 Å². The third-order valence-electron chi connectivity index (χ3n) is 3.47. The van der Waals surface area contributed by atoms with Gasteiger partial charge in [-0.2, -0.15) is 5.10 Å². The summed E-state index contributed by atoms with van der Waals surface area (Å²) >= 11 is 0. The molecule has 0 bridgehead atoms. The van der Waals surface area contributed by atoms with Crippen LogP contribution in [-0.2, 0) is 18.4 Å². The van der Waals surface area contributed by atoms with E-state index >= 15 is 0 Å². The first-order valence-electron chi connectivity index (χ1n) is 7.15. The van der Waals surface area contributed by atoms with Crippen LogP contribution in [0.2, 0.25) is 0 Å². The van der Waals surface area contributed by atoms with E-state index in [2.05, 4.69) is 10.4 Å². The molecule has 6 heteroatoms. The average molecular weight is 298 g/mol. The Morgan fingerprint density at radius 3 is 3.00 bits per heavy atom. The lowest BCUT2D eigenvalue weighted by Crippen LogP contribution is -2.31. The van der Waals surface area contributed by atoms with Crippen molar-refractivity contribution >= 4 is 16.8 Å². The molecule has 0 unspecified atom stereocenters. The fourth-order valence-electron chi connectivity index (χ4n) is 2.34. The quantitative estimate of drug-likeness (QED) is 0.751. The SMILES string of the molecule is Cn1ccc2c(OCC(=O)NCCn3cccn3)cccc21. The van der Waals surface area contributed by atoms with E-state index in [-0.39, 0.29) is 12.5 Å². The number of aryl methyl sites for hydroxylation is 1. The van der Waals surface area contributed by atoms with Crippen LogP contribution in [0.5, 0.6) is 5.75 Å². The Balaban J connectivity index is 1.52. The number of hydrogen-bond acceptors (Lipinski definition) is 3. The predicted molar refractivity (Wildman–Crippen MR) is 83.7 cm³/mol. The molecule has 2 heterocycles. The number of aromatic nitrogens is 3. The summed E-state index contributed by atoms with van der Waals surface area (Å²) in [4.78, 5) is 11.8. The minimum absolute atomic E-state index is 0.00706. The largest absolute Gasteiger partial charge is 0.483 e. The van der Waals surface area contributed by atoms with Crippen molar-refractivity contribution in [2.75, 3.05) is 13.2 Å². The summed E-state index contributed by atoms with van der Waals surface area (Å²) < 4.78 is 9.42. The smallest absolute Gasteiger partial charge is 0.258 e. The zero-order valence-corrected chi connectivity index (χ0v) is 12.4. The van der Waals surface area contributed by atoms with E-state index in [1.807, 2.05) is 54.3 Å². The van der Waals surface area contributed by atoms with Crippen LogP contribution in [0.15, 0.2) is 48.9 Å². The summed E-state index contributed by atoms with van der Waals surface area (Å²) in [6.07, 6.45) is 5.55. The number of fused-ring (bicyclic) bond motifs is 1. The maximum absolute atomic E-state index is 11.8. The molecule has 114 valence electrons. The van der Waals surface area contributed by atoms with Gasteiger partial charge >= 0.3 is 0 Å². The second kappa shape index (κ2) is 6.34. The number of amides is 1. The molecule has 1 N–H and O–H groups in total. The van der Waals surface area contributed by atoms with Gasteiger partial charge in [0.25, 0.3) is 5.91 Å². The van der Waals surface area contributed by atoms with E-state index < -0.39 is 0 Å². The summed E-state index contributed by atoms with van der Waals surface area (Å²) in [5, 5.41) is 7.90. The van der Waals surface area contributed by atoms with Gasteiger partial charge < -0.3 is 14.6 Å². The molecule has 0 aliphatic carbocycles. The van der Waals surface area contributed by atoms with Crippen molar-refractivity contribution in [3.05, 3.63) is 48.9 Å². The van der Waals surface area contributed by atoms with Crippen LogP contribution >= 0.6 is 0 Å². The Hall–Kier alpha value is -2.76. The molecule has 3 aromatic rings. The van der Waals surface area contributed by atoms with E-state index in [1.54, 1.807) is 10.9 Å². The van der Waals surface area contributed by atoms with Crippen molar-refractivity contribution in [2.24, 2.45) is 7.05 Å². The minimum atomic E-state index is -0.139. The first-order chi connectivity index (χ1) is 10.7. The molecule has 0 radical (unpaired) electrons. The van der Waals surface area contributed by atoms with Crippen molar-refractivity contribution in [1.82, 2.24) is 19.7 Å². The first-order valence-corrected chi connectivity index (χ1v) is 7.15. The molecule has 0 fully saturated rings. The molecular formula is C16H18N4O2. The number of nitrogens with zero attached hydrogens (tertiary/aromatic N) is 3. The molecule has 2 aromatic heterocycles. The van der Waals surface area contributed by atoms with Crippen LogP contribution < -0.4 is 10.1 Å². The Morgan fingerprint density at radius 2 is 2.18 bits per heavy atom. The third kappa shape index (κ3) is 3.11. The molecule has 0 spiro atoms. The van der Waals surface area contributed by atoms with Crippen molar-refractivity contribution in [2.45, 2.75) is 6.54 Å². The fourth-order valence-corrected chi connectivity index (χ4v) is 2.34. The number of hydrogen-bond donors (Lipinski definition) is 1. The van der Waals surface area contributed by atoms with Gasteiger partial charge in [-0.3, -0.25) is 9.48 Å². The highest BCUT2D eigenvalue weighted by Crippen LogP contribution is 2.25. The summed E-state index contributed by atoms with van der Waals surface area (Å²) in [7, 11) is 1.98. The molecule has 3 rings (SSSR count). The van der Waals surface area contributed by atoms with Crippen LogP contribution in [0, 0.1) is 0 Å². The third-order valence-corrected chi connectivity index (χ3v) is 3.47. The molecule has 0 aliphatic rings. The topological polar surface area (TPSA) is 61.1 Å². The molecule has 6 nitrogen and oxygen atoms in total. The maximum Gasteiger partial charge on any atom is 0.258 e. The van der Waals surface area contributed by atoms with Crippen molar-refractivity contribution < 1.29 is 9.53 Å². The molecule has 0 saturated heterocycles. The summed E-state index contributed by atoms with van der Waals surface area (Å²) in [6, 6.07) is 9.66. The van der Waals surface area contributed by atoms with Gasteiger partial charge in [0.2, 0.25) is 0 Å². The summed E-state index contributed by atoms with van der Waals surface area (Å²) in [6.45, 7) is 1.18. The fraction of sp³-hybridized carbons (Fsp3) is 0.250. The van der Waals surface area contributed by atoms with Gasteiger partial charge in [-0.05, 0) is 24.3 Å². The van der Waals surface area contributed by atoms with Gasteiger partial charge in [0.1, 0.15) is 5.75 Å². The Labute approximate surface area is 128 Å². The van der Waals surface area contributed by atoms with Gasteiger partial charge in [-0.25, -0.2) is 0 Å². The highest BCUT2D eigenvalue weighted by Gasteiger charge is 2.07. The number of carbonyl (C=O) groups excluding carboxylic acids is 1. The standard InChI is InChI=1S/C16H18N4O2/c1-19-10-6-13-14(19)4-2-5-15(13)22-12-16(21)17-8-11-20-9-3-7-18-20/h2-7,9-10H,8,11-12H2,1H3,(H,17,21). The van der Waals surface area contributed by atoms with Gasteiger partial charge in [0, 0.05) is 37.6 Å². The van der Waals surface area contributed by atoms with Crippen LogP contribution in [0.25, 0.3) is 10.9 Å². The second-order valence-electron chi connectivity index (χ2n) is 5.02. The van der Waals surface area contributed by atoms with E-state index in [0.717, 1.165) is 16.7 Å².